The Balaban J connectivity index is 1.81. The summed E-state index contributed by atoms with van der Waals surface area (Å²) in [6, 6.07) is 7.25. The molecule has 0 aliphatic heterocycles. The minimum Gasteiger partial charge on any atom is -0.397 e. The first kappa shape index (κ1) is 27.5. The average molecular weight is 504 g/mol. The Morgan fingerprint density at radius 1 is 1.24 bits per heavy atom. The van der Waals surface area contributed by atoms with Crippen molar-refractivity contribution in [3.05, 3.63) is 58.3 Å². The third kappa shape index (κ3) is 9.64. The topological polar surface area (TPSA) is 108 Å². The summed E-state index contributed by atoms with van der Waals surface area (Å²) in [5, 5.41) is 10.4. The number of carbonyl (C=O) groups excluding carboxylic acids is 1. The molecule has 0 aliphatic carbocycles. The van der Waals surface area contributed by atoms with Crippen molar-refractivity contribution in [3.8, 4) is 0 Å². The Morgan fingerprint density at radius 3 is 2.62 bits per heavy atom. The van der Waals surface area contributed by atoms with E-state index in [0.717, 1.165) is 42.4 Å². The molecule has 0 unspecified atom stereocenters. The number of nitrogens with two attached hydrogens (primary N) is 1. The van der Waals surface area contributed by atoms with Crippen LogP contribution in [0.2, 0.25) is 5.02 Å². The molecule has 2 aromatic rings. The van der Waals surface area contributed by atoms with Crippen LogP contribution < -0.4 is 21.7 Å². The van der Waals surface area contributed by atoms with Gasteiger partial charge in [-0.2, -0.15) is 0 Å². The number of anilines is 2. The van der Waals surface area contributed by atoms with Crippen LogP contribution >= 0.6 is 22.9 Å². The zero-order valence-corrected chi connectivity index (χ0v) is 21.6. The quantitative estimate of drug-likeness (QED) is 0.226. The van der Waals surface area contributed by atoms with E-state index in [1.807, 2.05) is 19.1 Å². The Kier molecular flexibility index (Phi) is 11.8. The summed E-state index contributed by atoms with van der Waals surface area (Å²) < 4.78 is 0. The van der Waals surface area contributed by atoms with Gasteiger partial charge in [0.05, 0.1) is 16.3 Å². The van der Waals surface area contributed by atoms with Crippen LogP contribution in [0.25, 0.3) is 5.70 Å². The molecule has 1 heterocycles. The highest BCUT2D eigenvalue weighted by atomic mass is 35.5. The van der Waals surface area contributed by atoms with Crippen molar-refractivity contribution in [1.82, 2.24) is 15.2 Å². The van der Waals surface area contributed by atoms with E-state index in [1.165, 1.54) is 11.3 Å². The van der Waals surface area contributed by atoms with Crippen LogP contribution in [0.3, 0.4) is 0 Å². The van der Waals surface area contributed by atoms with E-state index >= 15 is 0 Å². The lowest BCUT2D eigenvalue weighted by molar-refractivity contribution is -0.116. The second-order valence-corrected chi connectivity index (χ2v) is 8.92. The molecule has 1 aromatic carbocycles. The number of nitrogens with zero attached hydrogens (tertiary/aromatic N) is 3. The third-order valence-corrected chi connectivity index (χ3v) is 6.32. The van der Waals surface area contributed by atoms with Gasteiger partial charge in [0.1, 0.15) is 5.82 Å². The summed E-state index contributed by atoms with van der Waals surface area (Å²) >= 11 is 7.22. The fourth-order valence-corrected chi connectivity index (χ4v) is 4.06. The summed E-state index contributed by atoms with van der Waals surface area (Å²) in [7, 11) is 0. The Labute approximate surface area is 211 Å². The molecular formula is C24H34ClN7OS. The van der Waals surface area contributed by atoms with Crippen molar-refractivity contribution in [3.63, 3.8) is 0 Å². The van der Waals surface area contributed by atoms with Crippen LogP contribution in [0.4, 0.5) is 10.8 Å². The molecule has 10 heteroatoms. The van der Waals surface area contributed by atoms with Gasteiger partial charge in [0, 0.05) is 43.0 Å². The van der Waals surface area contributed by atoms with Gasteiger partial charge in [-0.1, -0.05) is 43.4 Å². The third-order valence-electron chi connectivity index (χ3n) is 4.95. The van der Waals surface area contributed by atoms with Gasteiger partial charge in [0.2, 0.25) is 5.91 Å². The van der Waals surface area contributed by atoms with Gasteiger partial charge in [0.15, 0.2) is 5.13 Å². The lowest BCUT2D eigenvalue weighted by Gasteiger charge is -2.17. The number of amides is 1. The highest BCUT2D eigenvalue weighted by Gasteiger charge is 2.12. The van der Waals surface area contributed by atoms with E-state index in [4.69, 9.17) is 17.3 Å². The van der Waals surface area contributed by atoms with Gasteiger partial charge in [-0.25, -0.2) is 9.98 Å². The number of halogens is 1. The van der Waals surface area contributed by atoms with Gasteiger partial charge in [0.25, 0.3) is 0 Å². The van der Waals surface area contributed by atoms with E-state index in [-0.39, 0.29) is 5.91 Å². The van der Waals surface area contributed by atoms with Crippen LogP contribution in [0.15, 0.2) is 47.7 Å². The predicted molar refractivity (Wildman–Crippen MR) is 146 cm³/mol. The van der Waals surface area contributed by atoms with Gasteiger partial charge in [-0.15, -0.1) is 0 Å². The lowest BCUT2D eigenvalue weighted by atomic mass is 10.3. The highest BCUT2D eigenvalue weighted by molar-refractivity contribution is 7.16. The molecule has 0 fully saturated rings. The van der Waals surface area contributed by atoms with Crippen molar-refractivity contribution in [1.29, 1.82) is 0 Å². The van der Waals surface area contributed by atoms with Crippen LogP contribution in [-0.2, 0) is 4.79 Å². The molecule has 0 radical (unpaired) electrons. The minimum absolute atomic E-state index is 0.0793. The molecule has 0 aliphatic rings. The number of aliphatic imine (C=N–C) groups is 1. The fraction of sp³-hybridized carbons (Fsp3) is 0.375. The van der Waals surface area contributed by atoms with E-state index in [1.54, 1.807) is 24.4 Å². The van der Waals surface area contributed by atoms with Crippen molar-refractivity contribution in [2.24, 2.45) is 10.7 Å². The largest absolute Gasteiger partial charge is 0.397 e. The number of carbonyl (C=O) groups is 1. The Morgan fingerprint density at radius 2 is 1.94 bits per heavy atom. The normalized spacial score (nSPS) is 11.9. The maximum Gasteiger partial charge on any atom is 0.227 e. The van der Waals surface area contributed by atoms with Gasteiger partial charge < -0.3 is 26.6 Å². The van der Waals surface area contributed by atoms with Crippen LogP contribution in [0, 0.1) is 6.92 Å². The molecule has 0 spiro atoms. The van der Waals surface area contributed by atoms with Crippen molar-refractivity contribution >= 4 is 51.6 Å². The molecular weight excluding hydrogens is 470 g/mol. The maximum absolute atomic E-state index is 12.2. The summed E-state index contributed by atoms with van der Waals surface area (Å²) in [5.41, 5.74) is 8.30. The summed E-state index contributed by atoms with van der Waals surface area (Å²) in [4.78, 5) is 24.0. The Bertz CT molecular complexity index is 997. The number of aryl methyl sites for hydroxylation is 1. The number of thiazole rings is 1. The molecule has 0 bridgehead atoms. The average Bonchev–Trinajstić information content (AvgIpc) is 3.17. The van der Waals surface area contributed by atoms with Crippen molar-refractivity contribution < 1.29 is 4.79 Å². The zero-order chi connectivity index (χ0) is 24.9. The molecule has 5 N–H and O–H groups in total. The number of rotatable bonds is 14. The number of hydrogen-bond donors (Lipinski definition) is 4. The second kappa shape index (κ2) is 14.5. The molecule has 2 rings (SSSR count). The highest BCUT2D eigenvalue weighted by Crippen LogP contribution is 2.26. The standard InChI is InChI=1S/C24H34ClN7OS/c1-5-32(6-2)16-15-27-13-12-22(33)31-24-29-17(3)23(34-24)21(26)11-14-28-18(4)30-20-9-7-19(25)8-10-20/h7-11,14,27,30H,4-6,12-13,15-16,26H2,1-3H3,(H,29,31,33)/b21-11-,28-14-. The predicted octanol–water partition coefficient (Wildman–Crippen LogP) is 4.32. The second-order valence-electron chi connectivity index (χ2n) is 7.49. The molecule has 0 atom stereocenters. The molecule has 8 nitrogen and oxygen atoms in total. The van der Waals surface area contributed by atoms with E-state index in [0.29, 0.717) is 34.6 Å². The van der Waals surface area contributed by atoms with E-state index in [9.17, 15) is 4.79 Å². The van der Waals surface area contributed by atoms with E-state index in [2.05, 4.69) is 51.3 Å². The molecule has 1 aromatic heterocycles. The number of aromatic nitrogens is 1. The molecule has 1 amide bonds. The van der Waals surface area contributed by atoms with Crippen LogP contribution in [0.1, 0.15) is 30.8 Å². The number of benzene rings is 1. The molecule has 0 saturated carbocycles. The first-order valence-electron chi connectivity index (χ1n) is 11.2. The summed E-state index contributed by atoms with van der Waals surface area (Å²) in [5.74, 6) is 0.385. The first-order chi connectivity index (χ1) is 16.3. The molecule has 0 saturated heterocycles. The molecule has 34 heavy (non-hydrogen) atoms. The summed E-state index contributed by atoms with van der Waals surface area (Å²) in [6.45, 7) is 14.5. The maximum atomic E-state index is 12.2. The van der Waals surface area contributed by atoms with Gasteiger partial charge in [-0.3, -0.25) is 4.79 Å². The number of allylic oxidation sites excluding steroid dienone is 1. The number of hydrogen-bond acceptors (Lipinski definition) is 8. The summed E-state index contributed by atoms with van der Waals surface area (Å²) in [6.07, 6.45) is 3.63. The van der Waals surface area contributed by atoms with E-state index < -0.39 is 0 Å². The minimum atomic E-state index is -0.0793. The number of nitrogens with one attached hydrogen (secondary N) is 3. The van der Waals surface area contributed by atoms with Crippen LogP contribution in [-0.4, -0.2) is 54.7 Å². The fourth-order valence-electron chi connectivity index (χ4n) is 3.02. The first-order valence-corrected chi connectivity index (χ1v) is 12.4. The van der Waals surface area contributed by atoms with Gasteiger partial charge >= 0.3 is 0 Å². The number of likely N-dealkylation sites (N-methyl/N-ethyl adjacent to an activating group) is 1. The van der Waals surface area contributed by atoms with Crippen molar-refractivity contribution in [2.75, 3.05) is 43.4 Å². The van der Waals surface area contributed by atoms with Crippen LogP contribution in [0.5, 0.6) is 0 Å². The Hall–Kier alpha value is -2.72. The smallest absolute Gasteiger partial charge is 0.227 e. The monoisotopic (exact) mass is 503 g/mol. The molecule has 184 valence electrons. The van der Waals surface area contributed by atoms with Gasteiger partial charge in [-0.05, 0) is 50.4 Å². The van der Waals surface area contributed by atoms with Crippen molar-refractivity contribution in [2.45, 2.75) is 27.2 Å². The zero-order valence-electron chi connectivity index (χ0n) is 20.0. The lowest BCUT2D eigenvalue weighted by Crippen LogP contribution is -2.33. The SMILES string of the molecule is C=C(/N=C\C=C(/N)c1sc(NC(=O)CCNCCN(CC)CC)nc1C)Nc1ccc(Cl)cc1.